The van der Waals surface area contributed by atoms with Gasteiger partial charge < -0.3 is 0 Å². The smallest absolute Gasteiger partial charge is 0.263 e. The van der Waals surface area contributed by atoms with Crippen molar-refractivity contribution in [1.29, 1.82) is 0 Å². The summed E-state index contributed by atoms with van der Waals surface area (Å²) in [5, 5.41) is 5.06. The van der Waals surface area contributed by atoms with Crippen LogP contribution in [0.2, 0.25) is 5.02 Å². The van der Waals surface area contributed by atoms with E-state index in [-0.39, 0.29) is 21.4 Å². The molecule has 0 spiro atoms. The van der Waals surface area contributed by atoms with Crippen LogP contribution in [0.5, 0.6) is 0 Å². The molecular formula is C13H13ClN2O4S2. The van der Waals surface area contributed by atoms with E-state index in [4.69, 9.17) is 16.7 Å². The van der Waals surface area contributed by atoms with E-state index in [1.165, 1.54) is 36.4 Å². The molecule has 0 bridgehead atoms. The van der Waals surface area contributed by atoms with Crippen LogP contribution in [0.25, 0.3) is 0 Å². The van der Waals surface area contributed by atoms with E-state index in [9.17, 15) is 16.8 Å². The van der Waals surface area contributed by atoms with Crippen LogP contribution in [0.4, 0.5) is 5.69 Å². The van der Waals surface area contributed by atoms with E-state index in [0.717, 1.165) is 0 Å². The molecule has 0 saturated heterocycles. The van der Waals surface area contributed by atoms with E-state index >= 15 is 0 Å². The van der Waals surface area contributed by atoms with Crippen molar-refractivity contribution >= 4 is 37.3 Å². The van der Waals surface area contributed by atoms with Gasteiger partial charge in [0.2, 0.25) is 10.0 Å². The molecule has 2 aromatic rings. The summed E-state index contributed by atoms with van der Waals surface area (Å²) in [5.74, 6) is -0.315. The topological polar surface area (TPSA) is 106 Å². The van der Waals surface area contributed by atoms with Crippen LogP contribution in [0.1, 0.15) is 5.56 Å². The minimum absolute atomic E-state index is 0.0368. The number of rotatable bonds is 5. The quantitative estimate of drug-likeness (QED) is 0.849. The number of sulfonamides is 2. The molecule has 0 heterocycles. The summed E-state index contributed by atoms with van der Waals surface area (Å²) in [7, 11) is -7.45. The SMILES string of the molecule is NS(=O)(=O)Cc1ccc(NS(=O)(=O)c2ccccc2Cl)cc1. The Morgan fingerprint density at radius 3 is 2.09 bits per heavy atom. The van der Waals surface area contributed by atoms with Gasteiger partial charge in [-0.1, -0.05) is 35.9 Å². The second-order valence-corrected chi connectivity index (χ2v) is 8.21. The first-order valence-corrected chi connectivity index (χ1v) is 9.62. The third kappa shape index (κ3) is 4.44. The van der Waals surface area contributed by atoms with Crippen molar-refractivity contribution in [2.75, 3.05) is 4.72 Å². The third-order valence-electron chi connectivity index (χ3n) is 2.70. The monoisotopic (exact) mass is 360 g/mol. The van der Waals surface area contributed by atoms with Crippen LogP contribution in [0, 0.1) is 0 Å². The standard InChI is InChI=1S/C13H13ClN2O4S2/c14-12-3-1-2-4-13(12)22(19,20)16-11-7-5-10(6-8-11)9-21(15,17)18/h1-8,16H,9H2,(H2,15,17,18). The number of anilines is 1. The van der Waals surface area contributed by atoms with Gasteiger partial charge in [-0.3, -0.25) is 4.72 Å². The van der Waals surface area contributed by atoms with Crippen molar-refractivity contribution in [3.8, 4) is 0 Å². The summed E-state index contributed by atoms with van der Waals surface area (Å²) >= 11 is 5.87. The Morgan fingerprint density at radius 1 is 0.955 bits per heavy atom. The second-order valence-electron chi connectivity index (χ2n) is 4.54. The summed E-state index contributed by atoms with van der Waals surface area (Å²) in [6.07, 6.45) is 0. The highest BCUT2D eigenvalue weighted by molar-refractivity contribution is 7.92. The van der Waals surface area contributed by atoms with E-state index in [2.05, 4.69) is 4.72 Å². The van der Waals surface area contributed by atoms with E-state index in [1.54, 1.807) is 12.1 Å². The van der Waals surface area contributed by atoms with Crippen molar-refractivity contribution in [3.63, 3.8) is 0 Å². The van der Waals surface area contributed by atoms with E-state index in [1.807, 2.05) is 0 Å². The molecule has 2 aromatic carbocycles. The Hall–Kier alpha value is -1.61. The zero-order valence-electron chi connectivity index (χ0n) is 11.2. The molecule has 9 heteroatoms. The molecule has 0 saturated carbocycles. The largest absolute Gasteiger partial charge is 0.280 e. The first-order valence-electron chi connectivity index (χ1n) is 6.04. The summed E-state index contributed by atoms with van der Waals surface area (Å²) in [6, 6.07) is 11.9. The number of hydrogen-bond acceptors (Lipinski definition) is 4. The van der Waals surface area contributed by atoms with Crippen LogP contribution >= 0.6 is 11.6 Å². The van der Waals surface area contributed by atoms with Gasteiger partial charge in [0.15, 0.2) is 0 Å². The number of hydrogen-bond donors (Lipinski definition) is 2. The number of halogens is 1. The van der Waals surface area contributed by atoms with Gasteiger partial charge >= 0.3 is 0 Å². The maximum absolute atomic E-state index is 12.2. The van der Waals surface area contributed by atoms with Gasteiger partial charge in [-0.25, -0.2) is 22.0 Å². The first-order chi connectivity index (χ1) is 10.2. The zero-order valence-corrected chi connectivity index (χ0v) is 13.6. The number of nitrogens with one attached hydrogen (secondary N) is 1. The van der Waals surface area contributed by atoms with Gasteiger partial charge in [-0.2, -0.15) is 0 Å². The predicted octanol–water partition coefficient (Wildman–Crippen LogP) is 1.93. The number of benzene rings is 2. The van der Waals surface area contributed by atoms with E-state index < -0.39 is 20.0 Å². The molecular weight excluding hydrogens is 348 g/mol. The lowest BCUT2D eigenvalue weighted by Crippen LogP contribution is -2.15. The van der Waals surface area contributed by atoms with Crippen molar-refractivity contribution in [2.45, 2.75) is 10.6 Å². The molecule has 0 fully saturated rings. The number of primary sulfonamides is 1. The third-order valence-corrected chi connectivity index (χ3v) is 5.32. The van der Waals surface area contributed by atoms with Crippen molar-refractivity contribution < 1.29 is 16.8 Å². The van der Waals surface area contributed by atoms with Gasteiger partial charge in [-0.15, -0.1) is 0 Å². The fraction of sp³-hybridized carbons (Fsp3) is 0.0769. The molecule has 3 N–H and O–H groups in total. The van der Waals surface area contributed by atoms with Crippen LogP contribution in [0.3, 0.4) is 0 Å². The summed E-state index contributed by atoms with van der Waals surface area (Å²) in [6.45, 7) is 0. The van der Waals surface area contributed by atoms with Gasteiger partial charge in [0.1, 0.15) is 4.90 Å². The molecule has 0 aliphatic carbocycles. The summed E-state index contributed by atoms with van der Waals surface area (Å²) in [4.78, 5) is -0.0368. The molecule has 0 amide bonds. The van der Waals surface area contributed by atoms with Crippen LogP contribution < -0.4 is 9.86 Å². The Labute approximate surface area is 134 Å². The Morgan fingerprint density at radius 2 is 1.55 bits per heavy atom. The van der Waals surface area contributed by atoms with Crippen molar-refractivity contribution in [1.82, 2.24) is 0 Å². The predicted molar refractivity (Wildman–Crippen MR) is 85.5 cm³/mol. The molecule has 6 nitrogen and oxygen atoms in total. The fourth-order valence-electron chi connectivity index (χ4n) is 1.77. The Bertz CT molecular complexity index is 879. The molecule has 0 radical (unpaired) electrons. The lowest BCUT2D eigenvalue weighted by Gasteiger charge is -2.10. The molecule has 0 atom stereocenters. The average molecular weight is 361 g/mol. The highest BCUT2D eigenvalue weighted by atomic mass is 35.5. The Balaban J connectivity index is 2.22. The lowest BCUT2D eigenvalue weighted by atomic mass is 10.2. The maximum atomic E-state index is 12.2. The molecule has 0 unspecified atom stereocenters. The van der Waals surface area contributed by atoms with E-state index in [0.29, 0.717) is 5.56 Å². The second kappa shape index (κ2) is 6.25. The molecule has 0 aromatic heterocycles. The molecule has 22 heavy (non-hydrogen) atoms. The van der Waals surface area contributed by atoms with Gasteiger partial charge in [0.25, 0.3) is 10.0 Å². The van der Waals surface area contributed by atoms with Gasteiger partial charge in [0.05, 0.1) is 10.8 Å². The minimum atomic E-state index is -3.82. The number of nitrogens with two attached hydrogens (primary N) is 1. The highest BCUT2D eigenvalue weighted by Gasteiger charge is 2.17. The fourth-order valence-corrected chi connectivity index (χ4v) is 4.01. The van der Waals surface area contributed by atoms with Gasteiger partial charge in [-0.05, 0) is 29.8 Å². The molecule has 0 aliphatic heterocycles. The van der Waals surface area contributed by atoms with Crippen molar-refractivity contribution in [3.05, 3.63) is 59.1 Å². The maximum Gasteiger partial charge on any atom is 0.263 e. The normalized spacial score (nSPS) is 12.1. The highest BCUT2D eigenvalue weighted by Crippen LogP contribution is 2.23. The summed E-state index contributed by atoms with van der Waals surface area (Å²) < 4.78 is 48.8. The zero-order chi connectivity index (χ0) is 16.4. The van der Waals surface area contributed by atoms with Gasteiger partial charge in [0, 0.05) is 5.69 Å². The molecule has 118 valence electrons. The Kier molecular flexibility index (Phi) is 4.76. The molecule has 2 rings (SSSR count). The van der Waals surface area contributed by atoms with Crippen LogP contribution in [-0.4, -0.2) is 16.8 Å². The molecule has 0 aliphatic rings. The van der Waals surface area contributed by atoms with Crippen LogP contribution in [-0.2, 0) is 25.8 Å². The first kappa shape index (κ1) is 16.8. The summed E-state index contributed by atoms with van der Waals surface area (Å²) in [5.41, 5.74) is 0.751. The van der Waals surface area contributed by atoms with Crippen LogP contribution in [0.15, 0.2) is 53.4 Å². The minimum Gasteiger partial charge on any atom is -0.280 e. The van der Waals surface area contributed by atoms with Crippen molar-refractivity contribution in [2.24, 2.45) is 5.14 Å². The lowest BCUT2D eigenvalue weighted by molar-refractivity contribution is 0.596. The average Bonchev–Trinajstić information content (AvgIpc) is 2.39.